The van der Waals surface area contributed by atoms with Gasteiger partial charge in [0.05, 0.1) is 11.7 Å². The van der Waals surface area contributed by atoms with Crippen molar-refractivity contribution in [1.29, 1.82) is 0 Å². The normalized spacial score (nSPS) is 44.1. The van der Waals surface area contributed by atoms with E-state index in [1.165, 1.54) is 5.57 Å². The second kappa shape index (κ2) is 8.45. The summed E-state index contributed by atoms with van der Waals surface area (Å²) in [5.41, 5.74) is 0.211. The van der Waals surface area contributed by atoms with Crippen LogP contribution in [0.25, 0.3) is 0 Å². The van der Waals surface area contributed by atoms with E-state index >= 15 is 0 Å². The van der Waals surface area contributed by atoms with Crippen LogP contribution in [0.2, 0.25) is 0 Å². The SMILES string of the molecule is [2H]C([2H])([2H])C(O)(CCCC1(C2CCC3/C(=C/C=C4/CC(O)C[C@H](F)C4=C)CCC[C@@]32C)CC1)C([2H])([2H])[2H]. The smallest absolute Gasteiger partial charge is 0.127 e. The van der Waals surface area contributed by atoms with Gasteiger partial charge in [-0.15, -0.1) is 0 Å². The molecule has 0 spiro atoms. The first-order chi connectivity index (χ1) is 17.0. The second-order valence-electron chi connectivity index (χ2n) is 11.1. The molecule has 0 saturated heterocycles. The molecule has 0 radical (unpaired) electrons. The Bertz CT molecular complexity index is 933. The van der Waals surface area contributed by atoms with Gasteiger partial charge in [0.1, 0.15) is 6.17 Å². The van der Waals surface area contributed by atoms with Gasteiger partial charge in [0, 0.05) is 14.6 Å². The Morgan fingerprint density at radius 2 is 2.03 bits per heavy atom. The third-order valence-corrected chi connectivity index (χ3v) is 9.03. The molecule has 5 atom stereocenters. The molecule has 0 aromatic rings. The lowest BCUT2D eigenvalue weighted by Crippen LogP contribution is -2.37. The van der Waals surface area contributed by atoms with Gasteiger partial charge in [0.15, 0.2) is 0 Å². The highest BCUT2D eigenvalue weighted by molar-refractivity contribution is 5.39. The minimum Gasteiger partial charge on any atom is -0.393 e. The predicted octanol–water partition coefficient (Wildman–Crippen LogP) is 6.83. The Balaban J connectivity index is 1.47. The van der Waals surface area contributed by atoms with E-state index in [1.54, 1.807) is 0 Å². The van der Waals surface area contributed by atoms with Gasteiger partial charge < -0.3 is 10.2 Å². The molecule has 0 heterocycles. The van der Waals surface area contributed by atoms with Crippen LogP contribution in [-0.4, -0.2) is 28.1 Å². The number of fused-ring (bicyclic) bond motifs is 1. The fourth-order valence-electron chi connectivity index (χ4n) is 7.31. The summed E-state index contributed by atoms with van der Waals surface area (Å²) in [7, 11) is 0. The summed E-state index contributed by atoms with van der Waals surface area (Å²) in [5, 5.41) is 20.7. The molecule has 4 fully saturated rings. The predicted molar refractivity (Wildman–Crippen MR) is 125 cm³/mol. The molecule has 0 aliphatic heterocycles. The minimum atomic E-state index is -2.96. The highest BCUT2D eigenvalue weighted by Gasteiger charge is 2.60. The lowest BCUT2D eigenvalue weighted by Gasteiger charge is -2.45. The standard InChI is InChI=1S/C28H43FO2/c1-19-21(17-22(30)18-24(19)29)9-8-20-7-5-13-27(4)23(20)10-11-25(27)28(15-16-28)14-6-12-26(2,3)31/h8-9,22-25,30-31H,1,5-7,10-18H2,2-4H3/b20-8+,21-9-/t22?,23?,24-,25?,27-/m0/s1/i2D3,3D3. The van der Waals surface area contributed by atoms with Crippen molar-refractivity contribution in [2.45, 2.75) is 116 Å². The van der Waals surface area contributed by atoms with Crippen molar-refractivity contribution in [2.75, 3.05) is 0 Å². The van der Waals surface area contributed by atoms with Gasteiger partial charge in [-0.2, -0.15) is 0 Å². The van der Waals surface area contributed by atoms with E-state index in [-0.39, 0.29) is 23.7 Å². The largest absolute Gasteiger partial charge is 0.393 e. The third-order valence-electron chi connectivity index (χ3n) is 9.03. The number of allylic oxidation sites excluding steroid dienone is 4. The van der Waals surface area contributed by atoms with Crippen molar-refractivity contribution in [3.63, 3.8) is 0 Å². The Kier molecular flexibility index (Phi) is 4.54. The molecule has 0 bridgehead atoms. The van der Waals surface area contributed by atoms with E-state index in [1.807, 2.05) is 6.08 Å². The average molecular weight is 437 g/mol. The maximum absolute atomic E-state index is 14.2. The lowest BCUT2D eigenvalue weighted by atomic mass is 9.59. The van der Waals surface area contributed by atoms with Crippen molar-refractivity contribution in [2.24, 2.45) is 22.7 Å². The molecule has 3 heteroatoms. The molecule has 2 nitrogen and oxygen atoms in total. The molecular weight excluding hydrogens is 387 g/mol. The Morgan fingerprint density at radius 3 is 2.74 bits per heavy atom. The van der Waals surface area contributed by atoms with Crippen molar-refractivity contribution < 1.29 is 22.8 Å². The molecule has 0 aromatic heterocycles. The zero-order valence-electron chi connectivity index (χ0n) is 24.9. The minimum absolute atomic E-state index is 0.0953. The Morgan fingerprint density at radius 1 is 1.26 bits per heavy atom. The molecule has 4 rings (SSSR count). The van der Waals surface area contributed by atoms with Crippen LogP contribution in [0.5, 0.6) is 0 Å². The van der Waals surface area contributed by atoms with E-state index < -0.39 is 31.6 Å². The van der Waals surface area contributed by atoms with Crippen LogP contribution in [-0.2, 0) is 0 Å². The van der Waals surface area contributed by atoms with E-state index in [0.717, 1.165) is 56.9 Å². The summed E-state index contributed by atoms with van der Waals surface area (Å²) < 4.78 is 60.1. The van der Waals surface area contributed by atoms with Crippen LogP contribution in [0.1, 0.15) is 106 Å². The van der Waals surface area contributed by atoms with Gasteiger partial charge in [0.2, 0.25) is 0 Å². The lowest BCUT2D eigenvalue weighted by molar-refractivity contribution is 0.0521. The number of aliphatic hydroxyl groups excluding tert-OH is 1. The Labute approximate surface area is 197 Å². The summed E-state index contributed by atoms with van der Waals surface area (Å²) in [6.07, 6.45) is 11.3. The maximum Gasteiger partial charge on any atom is 0.127 e. The highest BCUT2D eigenvalue weighted by atomic mass is 19.1. The zero-order valence-corrected chi connectivity index (χ0v) is 18.9. The molecule has 174 valence electrons. The first kappa shape index (κ1) is 16.6. The van der Waals surface area contributed by atoms with Gasteiger partial charge in [-0.1, -0.05) is 37.6 Å². The molecule has 2 N–H and O–H groups in total. The average Bonchev–Trinajstić information content (AvgIpc) is 3.46. The number of hydrogen-bond acceptors (Lipinski definition) is 2. The summed E-state index contributed by atoms with van der Waals surface area (Å²) in [4.78, 5) is 0. The van der Waals surface area contributed by atoms with E-state index in [2.05, 4.69) is 19.6 Å². The number of aliphatic hydroxyl groups is 2. The summed E-state index contributed by atoms with van der Waals surface area (Å²) >= 11 is 0. The zero-order chi connectivity index (χ0) is 27.4. The molecular formula is C28H43FO2. The summed E-state index contributed by atoms with van der Waals surface area (Å²) in [6, 6.07) is 0. The van der Waals surface area contributed by atoms with Gasteiger partial charge in [0.25, 0.3) is 0 Å². The summed E-state index contributed by atoms with van der Waals surface area (Å²) in [5.74, 6) is 0.918. The molecule has 0 amide bonds. The van der Waals surface area contributed by atoms with Crippen LogP contribution in [0.4, 0.5) is 4.39 Å². The van der Waals surface area contributed by atoms with Gasteiger partial charge in [-0.05, 0) is 112 Å². The fraction of sp³-hybridized carbons (Fsp3) is 0.786. The monoisotopic (exact) mass is 436 g/mol. The molecule has 4 saturated carbocycles. The molecule has 31 heavy (non-hydrogen) atoms. The van der Waals surface area contributed by atoms with Crippen molar-refractivity contribution >= 4 is 0 Å². The molecule has 0 aromatic carbocycles. The van der Waals surface area contributed by atoms with E-state index in [0.29, 0.717) is 30.3 Å². The van der Waals surface area contributed by atoms with Crippen LogP contribution in [0, 0.1) is 22.7 Å². The summed E-state index contributed by atoms with van der Waals surface area (Å²) in [6.45, 7) is 0.379. The van der Waals surface area contributed by atoms with Crippen LogP contribution < -0.4 is 0 Å². The van der Waals surface area contributed by atoms with Crippen molar-refractivity contribution in [3.05, 3.63) is 35.5 Å². The quantitative estimate of drug-likeness (QED) is 0.479. The van der Waals surface area contributed by atoms with E-state index in [9.17, 15) is 14.6 Å². The van der Waals surface area contributed by atoms with Gasteiger partial charge >= 0.3 is 0 Å². The maximum atomic E-state index is 14.2. The number of halogens is 1. The molecule has 4 aliphatic carbocycles. The first-order valence-electron chi connectivity index (χ1n) is 15.2. The third kappa shape index (κ3) is 4.74. The second-order valence-corrected chi connectivity index (χ2v) is 11.1. The first-order valence-corrected chi connectivity index (χ1v) is 12.2. The van der Waals surface area contributed by atoms with Crippen LogP contribution >= 0.6 is 0 Å². The number of alkyl halides is 1. The van der Waals surface area contributed by atoms with E-state index in [4.69, 9.17) is 8.22 Å². The van der Waals surface area contributed by atoms with Gasteiger partial charge in [-0.3, -0.25) is 0 Å². The van der Waals surface area contributed by atoms with Crippen LogP contribution in [0.15, 0.2) is 35.5 Å². The molecule has 4 aliphatic rings. The van der Waals surface area contributed by atoms with Gasteiger partial charge in [-0.25, -0.2) is 4.39 Å². The van der Waals surface area contributed by atoms with Crippen LogP contribution in [0.3, 0.4) is 0 Å². The van der Waals surface area contributed by atoms with Crippen molar-refractivity contribution in [3.8, 4) is 0 Å². The highest BCUT2D eigenvalue weighted by Crippen LogP contribution is 2.70. The molecule has 3 unspecified atom stereocenters. The Hall–Kier alpha value is -0.930. The fourth-order valence-corrected chi connectivity index (χ4v) is 7.31. The number of rotatable bonds is 6. The van der Waals surface area contributed by atoms with Crippen molar-refractivity contribution in [1.82, 2.24) is 0 Å². The number of hydrogen-bond donors (Lipinski definition) is 2. The topological polar surface area (TPSA) is 40.5 Å².